The Balaban J connectivity index is 2.22. The van der Waals surface area contributed by atoms with E-state index in [1.165, 1.54) is 11.1 Å². The van der Waals surface area contributed by atoms with Crippen LogP contribution in [0, 0.1) is 0 Å². The van der Waals surface area contributed by atoms with Gasteiger partial charge in [0, 0.05) is 12.6 Å². The first-order chi connectivity index (χ1) is 7.35. The highest BCUT2D eigenvalue weighted by Gasteiger charge is 2.24. The molecule has 2 rings (SSSR count). The molecule has 1 aliphatic heterocycles. The third-order valence-electron chi connectivity index (χ3n) is 2.98. The van der Waals surface area contributed by atoms with Crippen LogP contribution in [-0.4, -0.2) is 36.2 Å². The van der Waals surface area contributed by atoms with Gasteiger partial charge in [0.25, 0.3) is 7.41 Å². The van der Waals surface area contributed by atoms with Gasteiger partial charge in [0.05, 0.1) is 12.8 Å². The van der Waals surface area contributed by atoms with E-state index in [4.69, 9.17) is 0 Å². The summed E-state index contributed by atoms with van der Waals surface area (Å²) in [5.41, 5.74) is 2.56. The van der Waals surface area contributed by atoms with E-state index in [2.05, 4.69) is 12.1 Å². The van der Waals surface area contributed by atoms with Gasteiger partial charge in [0.15, 0.2) is 0 Å². The van der Waals surface area contributed by atoms with Crippen LogP contribution in [0.25, 0.3) is 0 Å². The summed E-state index contributed by atoms with van der Waals surface area (Å²) >= 11 is 0. The number of carbonyl (C=O) groups excluding carboxylic acids is 1. The number of carbonyl (C=O) groups is 1. The van der Waals surface area contributed by atoms with Gasteiger partial charge >= 0.3 is 0 Å². The second-order valence-electron chi connectivity index (χ2n) is 3.91. The molecule has 0 radical (unpaired) electrons. The average molecular weight is 203 g/mol. The van der Waals surface area contributed by atoms with Crippen molar-refractivity contribution in [3.63, 3.8) is 0 Å². The van der Waals surface area contributed by atoms with E-state index < -0.39 is 0 Å². The summed E-state index contributed by atoms with van der Waals surface area (Å²) in [6.07, 6.45) is 1.73. The SMILES string of the molecule is O=CBN1Cc2ccccc2C[C@@H]1CO. The van der Waals surface area contributed by atoms with Crippen LogP contribution >= 0.6 is 0 Å². The van der Waals surface area contributed by atoms with Crippen molar-refractivity contribution in [1.29, 1.82) is 0 Å². The number of benzene rings is 1. The van der Waals surface area contributed by atoms with E-state index in [0.29, 0.717) is 7.41 Å². The number of rotatable bonds is 3. The van der Waals surface area contributed by atoms with Crippen molar-refractivity contribution in [2.24, 2.45) is 0 Å². The lowest BCUT2D eigenvalue weighted by molar-refractivity contribution is 0.175. The van der Waals surface area contributed by atoms with E-state index in [9.17, 15) is 9.90 Å². The maximum Gasteiger partial charge on any atom is 0.281 e. The predicted octanol–water partition coefficient (Wildman–Crippen LogP) is -0.0527. The van der Waals surface area contributed by atoms with Gasteiger partial charge in [0.2, 0.25) is 0 Å². The zero-order chi connectivity index (χ0) is 10.7. The van der Waals surface area contributed by atoms with Crippen molar-refractivity contribution in [2.75, 3.05) is 6.61 Å². The molecule has 78 valence electrons. The van der Waals surface area contributed by atoms with Crippen molar-refractivity contribution >= 4 is 13.6 Å². The number of hydrogen-bond donors (Lipinski definition) is 1. The molecule has 1 atom stereocenters. The summed E-state index contributed by atoms with van der Waals surface area (Å²) < 4.78 is 0. The van der Waals surface area contributed by atoms with Crippen LogP contribution in [0.4, 0.5) is 0 Å². The van der Waals surface area contributed by atoms with Crippen molar-refractivity contribution < 1.29 is 9.90 Å². The lowest BCUT2D eigenvalue weighted by Crippen LogP contribution is -2.45. The Kier molecular flexibility index (Phi) is 3.19. The third-order valence-corrected chi connectivity index (χ3v) is 2.98. The summed E-state index contributed by atoms with van der Waals surface area (Å²) in [5, 5.41) is 9.26. The Labute approximate surface area is 90.0 Å². The number of aliphatic hydroxyl groups excluding tert-OH is 1. The van der Waals surface area contributed by atoms with Crippen molar-refractivity contribution in [3.05, 3.63) is 35.4 Å². The molecule has 0 saturated heterocycles. The molecule has 0 spiro atoms. The molecular formula is C11H14BNO2. The maximum absolute atomic E-state index is 10.5. The minimum atomic E-state index is 0.0881. The highest BCUT2D eigenvalue weighted by molar-refractivity contribution is 6.64. The van der Waals surface area contributed by atoms with Crippen LogP contribution in [0.5, 0.6) is 0 Å². The lowest BCUT2D eigenvalue weighted by Gasteiger charge is -2.34. The van der Waals surface area contributed by atoms with Crippen molar-refractivity contribution in [2.45, 2.75) is 19.0 Å². The number of fused-ring (bicyclic) bond motifs is 1. The fourth-order valence-corrected chi connectivity index (χ4v) is 2.13. The van der Waals surface area contributed by atoms with E-state index in [1.807, 2.05) is 16.9 Å². The second kappa shape index (κ2) is 4.60. The van der Waals surface area contributed by atoms with E-state index in [-0.39, 0.29) is 12.6 Å². The largest absolute Gasteiger partial charge is 0.395 e. The Hall–Kier alpha value is -1.13. The summed E-state index contributed by atoms with van der Waals surface area (Å²) in [7, 11) is 0.402. The molecule has 0 amide bonds. The molecule has 1 aromatic carbocycles. The van der Waals surface area contributed by atoms with Crippen LogP contribution in [0.2, 0.25) is 0 Å². The molecule has 0 aliphatic carbocycles. The minimum absolute atomic E-state index is 0.0881. The zero-order valence-electron chi connectivity index (χ0n) is 8.60. The summed E-state index contributed by atoms with van der Waals surface area (Å²) in [5.74, 6) is 0. The first-order valence-electron chi connectivity index (χ1n) is 5.20. The second-order valence-corrected chi connectivity index (χ2v) is 3.91. The van der Waals surface area contributed by atoms with Gasteiger partial charge in [-0.1, -0.05) is 24.3 Å². The third kappa shape index (κ3) is 2.11. The van der Waals surface area contributed by atoms with Crippen LogP contribution in [0.15, 0.2) is 24.3 Å². The molecule has 1 heterocycles. The maximum atomic E-state index is 10.5. The molecule has 0 bridgehead atoms. The Morgan fingerprint density at radius 1 is 1.47 bits per heavy atom. The Morgan fingerprint density at radius 3 is 2.87 bits per heavy atom. The Morgan fingerprint density at radius 2 is 2.20 bits per heavy atom. The molecule has 1 N–H and O–H groups in total. The highest BCUT2D eigenvalue weighted by atomic mass is 16.3. The van der Waals surface area contributed by atoms with Gasteiger partial charge in [0.1, 0.15) is 0 Å². The molecule has 1 aliphatic rings. The monoisotopic (exact) mass is 203 g/mol. The molecule has 0 fully saturated rings. The van der Waals surface area contributed by atoms with Gasteiger partial charge in [-0.25, -0.2) is 0 Å². The molecule has 3 nitrogen and oxygen atoms in total. The minimum Gasteiger partial charge on any atom is -0.395 e. The summed E-state index contributed by atoms with van der Waals surface area (Å²) in [6.45, 7) is 0.877. The van der Waals surface area contributed by atoms with Crippen molar-refractivity contribution in [3.8, 4) is 0 Å². The molecule has 4 heteroatoms. The molecule has 0 aromatic heterocycles. The van der Waals surface area contributed by atoms with Crippen LogP contribution < -0.4 is 0 Å². The molecule has 0 unspecified atom stereocenters. The fraction of sp³-hybridized carbons (Fsp3) is 0.364. The van der Waals surface area contributed by atoms with Crippen LogP contribution in [0.3, 0.4) is 0 Å². The average Bonchev–Trinajstić information content (AvgIpc) is 2.28. The van der Waals surface area contributed by atoms with Crippen molar-refractivity contribution in [1.82, 2.24) is 4.81 Å². The molecular weight excluding hydrogens is 189 g/mol. The first kappa shape index (κ1) is 10.4. The van der Waals surface area contributed by atoms with Gasteiger partial charge in [-0.15, -0.1) is 0 Å². The van der Waals surface area contributed by atoms with Gasteiger partial charge < -0.3 is 14.7 Å². The zero-order valence-corrected chi connectivity index (χ0v) is 8.60. The molecule has 0 saturated carbocycles. The first-order valence-corrected chi connectivity index (χ1v) is 5.20. The highest BCUT2D eigenvalue weighted by Crippen LogP contribution is 2.21. The fourth-order valence-electron chi connectivity index (χ4n) is 2.13. The lowest BCUT2D eigenvalue weighted by atomic mass is 9.84. The topological polar surface area (TPSA) is 40.5 Å². The molecule has 1 aromatic rings. The number of aliphatic hydroxyl groups is 1. The quantitative estimate of drug-likeness (QED) is 0.553. The number of hydrogen-bond acceptors (Lipinski definition) is 3. The predicted molar refractivity (Wildman–Crippen MR) is 60.5 cm³/mol. The normalized spacial score (nSPS) is 20.7. The van der Waals surface area contributed by atoms with Gasteiger partial charge in [-0.3, -0.25) is 0 Å². The van der Waals surface area contributed by atoms with E-state index in [0.717, 1.165) is 19.2 Å². The van der Waals surface area contributed by atoms with E-state index >= 15 is 0 Å². The summed E-state index contributed by atoms with van der Waals surface area (Å²) in [6, 6.07) is 8.29. The summed E-state index contributed by atoms with van der Waals surface area (Å²) in [4.78, 5) is 12.5. The van der Waals surface area contributed by atoms with Gasteiger partial charge in [-0.2, -0.15) is 0 Å². The molecule has 15 heavy (non-hydrogen) atoms. The van der Waals surface area contributed by atoms with E-state index in [1.54, 1.807) is 0 Å². The smallest absolute Gasteiger partial charge is 0.281 e. The van der Waals surface area contributed by atoms with Crippen LogP contribution in [0.1, 0.15) is 11.1 Å². The Bertz CT molecular complexity index is 356. The number of nitrogens with zero attached hydrogens (tertiary/aromatic N) is 1. The standard InChI is InChI=1S/C11H14BNO2/c14-7-11-5-9-3-1-2-4-10(9)6-13(11)12-8-15/h1-4,8,11-12,14H,5-7H2/t11-/m1/s1. The van der Waals surface area contributed by atoms with Crippen LogP contribution in [-0.2, 0) is 17.8 Å². The van der Waals surface area contributed by atoms with Gasteiger partial charge in [-0.05, 0) is 17.5 Å².